The molecule has 0 unspecified atom stereocenters. The maximum atomic E-state index is 12.1. The minimum Gasteiger partial charge on any atom is -0.493 e. The molecule has 6 nitrogen and oxygen atoms in total. The van der Waals surface area contributed by atoms with Crippen LogP contribution in [-0.4, -0.2) is 42.0 Å². The minimum absolute atomic E-state index is 0.118. The molecule has 0 spiro atoms. The van der Waals surface area contributed by atoms with Crippen molar-refractivity contribution in [3.8, 4) is 5.88 Å². The van der Waals surface area contributed by atoms with Crippen molar-refractivity contribution in [3.05, 3.63) is 21.7 Å². The van der Waals surface area contributed by atoms with Gasteiger partial charge >= 0.3 is 0 Å². The van der Waals surface area contributed by atoms with Gasteiger partial charge in [0.25, 0.3) is 5.56 Å². The van der Waals surface area contributed by atoms with E-state index in [1.807, 2.05) is 0 Å². The van der Waals surface area contributed by atoms with Crippen LogP contribution in [0.3, 0.4) is 0 Å². The molecule has 1 aliphatic rings. The van der Waals surface area contributed by atoms with E-state index in [0.29, 0.717) is 37.6 Å². The summed E-state index contributed by atoms with van der Waals surface area (Å²) in [6.07, 6.45) is 4.60. The van der Waals surface area contributed by atoms with Crippen LogP contribution >= 0.6 is 0 Å². The number of nitrogens with one attached hydrogen (secondary N) is 1. The average Bonchev–Trinajstić information content (AvgIpc) is 2.91. The van der Waals surface area contributed by atoms with E-state index in [4.69, 9.17) is 9.47 Å². The van der Waals surface area contributed by atoms with Gasteiger partial charge in [-0.15, -0.1) is 0 Å². The Labute approximate surface area is 118 Å². The number of ether oxygens (including phenoxy) is 2. The van der Waals surface area contributed by atoms with Crippen LogP contribution in [0.5, 0.6) is 5.88 Å². The normalized spacial score (nSPS) is 15.8. The van der Waals surface area contributed by atoms with Crippen molar-refractivity contribution in [1.82, 2.24) is 9.97 Å². The van der Waals surface area contributed by atoms with Crippen LogP contribution < -0.4 is 5.56 Å². The molecule has 1 fully saturated rings. The largest absolute Gasteiger partial charge is 0.493 e. The second-order valence-electron chi connectivity index (χ2n) is 5.09. The summed E-state index contributed by atoms with van der Waals surface area (Å²) in [5, 5.41) is 9.98. The Morgan fingerprint density at radius 1 is 1.30 bits per heavy atom. The quantitative estimate of drug-likeness (QED) is 0.737. The molecule has 2 N–H and O–H groups in total. The molecule has 20 heavy (non-hydrogen) atoms. The molecule has 6 heteroatoms. The Bertz CT molecular complexity index is 481. The van der Waals surface area contributed by atoms with Gasteiger partial charge in [-0.1, -0.05) is 12.8 Å². The van der Waals surface area contributed by atoms with Gasteiger partial charge in [-0.2, -0.15) is 4.98 Å². The zero-order valence-corrected chi connectivity index (χ0v) is 11.9. The molecule has 0 aromatic carbocycles. The Kier molecular flexibility index (Phi) is 5.55. The van der Waals surface area contributed by atoms with E-state index in [0.717, 1.165) is 25.7 Å². The van der Waals surface area contributed by atoms with E-state index in [2.05, 4.69) is 9.97 Å². The number of aromatic nitrogens is 2. The van der Waals surface area contributed by atoms with E-state index in [1.54, 1.807) is 7.11 Å². The first-order valence-corrected chi connectivity index (χ1v) is 7.11. The van der Waals surface area contributed by atoms with Crippen molar-refractivity contribution < 1.29 is 14.6 Å². The Balaban J connectivity index is 1.97. The number of methoxy groups -OCH3 is 1. The number of hydrogen-bond acceptors (Lipinski definition) is 5. The van der Waals surface area contributed by atoms with Crippen molar-refractivity contribution in [2.75, 3.05) is 26.9 Å². The van der Waals surface area contributed by atoms with E-state index < -0.39 is 0 Å². The van der Waals surface area contributed by atoms with Crippen LogP contribution in [0.4, 0.5) is 0 Å². The SMILES string of the molecule is COCCOCCc1nc(O)c(C2CCCC2)c(=O)[nH]1. The summed E-state index contributed by atoms with van der Waals surface area (Å²) < 4.78 is 10.2. The van der Waals surface area contributed by atoms with E-state index >= 15 is 0 Å². The Hall–Kier alpha value is -1.40. The van der Waals surface area contributed by atoms with Gasteiger partial charge in [0.1, 0.15) is 5.82 Å². The van der Waals surface area contributed by atoms with Gasteiger partial charge in [0.2, 0.25) is 5.88 Å². The number of hydrogen-bond donors (Lipinski definition) is 2. The topological polar surface area (TPSA) is 84.4 Å². The van der Waals surface area contributed by atoms with Crippen molar-refractivity contribution in [1.29, 1.82) is 0 Å². The van der Waals surface area contributed by atoms with Gasteiger partial charge in [0, 0.05) is 13.5 Å². The second-order valence-corrected chi connectivity index (χ2v) is 5.09. The number of aromatic hydroxyl groups is 1. The highest BCUT2D eigenvalue weighted by atomic mass is 16.5. The molecule has 1 saturated carbocycles. The summed E-state index contributed by atoms with van der Waals surface area (Å²) in [4.78, 5) is 18.9. The molecule has 0 radical (unpaired) electrons. The summed E-state index contributed by atoms with van der Waals surface area (Å²) in [6, 6.07) is 0. The van der Waals surface area contributed by atoms with Crippen molar-refractivity contribution >= 4 is 0 Å². The van der Waals surface area contributed by atoms with Gasteiger partial charge in [-0.25, -0.2) is 0 Å². The van der Waals surface area contributed by atoms with Crippen LogP contribution in [0.15, 0.2) is 4.79 Å². The third kappa shape index (κ3) is 3.80. The van der Waals surface area contributed by atoms with Crippen molar-refractivity contribution in [2.45, 2.75) is 38.0 Å². The first-order valence-electron chi connectivity index (χ1n) is 7.11. The fraction of sp³-hybridized carbons (Fsp3) is 0.714. The van der Waals surface area contributed by atoms with Crippen LogP contribution in [0.2, 0.25) is 0 Å². The Morgan fingerprint density at radius 2 is 2.05 bits per heavy atom. The van der Waals surface area contributed by atoms with Crippen LogP contribution in [0.25, 0.3) is 0 Å². The zero-order valence-electron chi connectivity index (χ0n) is 11.9. The standard InChI is InChI=1S/C14H22N2O4/c1-19-8-9-20-7-6-11-15-13(17)12(14(18)16-11)10-4-2-3-5-10/h10H,2-9H2,1H3,(H2,15,16,17,18). The summed E-state index contributed by atoms with van der Waals surface area (Å²) in [5.41, 5.74) is 0.239. The zero-order chi connectivity index (χ0) is 14.4. The lowest BCUT2D eigenvalue weighted by Gasteiger charge is -2.11. The second kappa shape index (κ2) is 7.40. The van der Waals surface area contributed by atoms with Crippen LogP contribution in [0.1, 0.15) is 43.0 Å². The molecule has 1 aromatic heterocycles. The minimum atomic E-state index is -0.212. The maximum Gasteiger partial charge on any atom is 0.258 e. The van der Waals surface area contributed by atoms with Gasteiger partial charge in [0.05, 0.1) is 25.4 Å². The molecule has 0 amide bonds. The van der Waals surface area contributed by atoms with Crippen molar-refractivity contribution in [2.24, 2.45) is 0 Å². The fourth-order valence-corrected chi connectivity index (χ4v) is 2.63. The maximum absolute atomic E-state index is 12.1. The summed E-state index contributed by atoms with van der Waals surface area (Å²) >= 11 is 0. The third-order valence-corrected chi connectivity index (χ3v) is 3.66. The molecule has 0 saturated heterocycles. The van der Waals surface area contributed by atoms with Gasteiger partial charge in [-0.3, -0.25) is 4.79 Å². The lowest BCUT2D eigenvalue weighted by molar-refractivity contribution is 0.0715. The van der Waals surface area contributed by atoms with E-state index in [-0.39, 0.29) is 17.4 Å². The molecule has 0 aliphatic heterocycles. The highest BCUT2D eigenvalue weighted by Gasteiger charge is 2.24. The monoisotopic (exact) mass is 282 g/mol. The molecule has 112 valence electrons. The molecular weight excluding hydrogens is 260 g/mol. The third-order valence-electron chi connectivity index (χ3n) is 3.66. The molecular formula is C14H22N2O4. The molecule has 0 atom stereocenters. The number of nitrogens with zero attached hydrogens (tertiary/aromatic N) is 1. The lowest BCUT2D eigenvalue weighted by atomic mass is 10.00. The average molecular weight is 282 g/mol. The molecule has 0 bridgehead atoms. The first kappa shape index (κ1) is 15.0. The van der Waals surface area contributed by atoms with Gasteiger partial charge < -0.3 is 19.6 Å². The molecule has 2 rings (SSSR count). The fourth-order valence-electron chi connectivity index (χ4n) is 2.63. The van der Waals surface area contributed by atoms with Gasteiger partial charge in [0.15, 0.2) is 0 Å². The van der Waals surface area contributed by atoms with Crippen LogP contribution in [-0.2, 0) is 15.9 Å². The summed E-state index contributed by atoms with van der Waals surface area (Å²) in [6.45, 7) is 1.48. The highest BCUT2D eigenvalue weighted by Crippen LogP contribution is 2.35. The molecule has 1 aromatic rings. The van der Waals surface area contributed by atoms with E-state index in [1.165, 1.54) is 0 Å². The van der Waals surface area contributed by atoms with Gasteiger partial charge in [-0.05, 0) is 18.8 Å². The summed E-state index contributed by atoms with van der Waals surface area (Å²) in [5.74, 6) is 0.498. The summed E-state index contributed by atoms with van der Waals surface area (Å²) in [7, 11) is 1.61. The van der Waals surface area contributed by atoms with E-state index in [9.17, 15) is 9.90 Å². The number of H-pyrrole nitrogens is 1. The number of aromatic amines is 1. The number of rotatable bonds is 7. The highest BCUT2D eigenvalue weighted by molar-refractivity contribution is 5.27. The molecule has 1 aliphatic carbocycles. The predicted octanol–water partition coefficient (Wildman–Crippen LogP) is 1.34. The van der Waals surface area contributed by atoms with Crippen molar-refractivity contribution in [3.63, 3.8) is 0 Å². The lowest BCUT2D eigenvalue weighted by Crippen LogP contribution is -2.20. The molecule has 1 heterocycles. The Morgan fingerprint density at radius 3 is 2.70 bits per heavy atom. The predicted molar refractivity (Wildman–Crippen MR) is 74.1 cm³/mol. The first-order chi connectivity index (χ1) is 9.72. The smallest absolute Gasteiger partial charge is 0.258 e. The van der Waals surface area contributed by atoms with Crippen LogP contribution in [0, 0.1) is 0 Å².